The van der Waals surface area contributed by atoms with Crippen molar-refractivity contribution in [1.29, 1.82) is 0 Å². The van der Waals surface area contributed by atoms with Crippen LogP contribution in [0.25, 0.3) is 0 Å². The maximum atomic E-state index is 11.5. The van der Waals surface area contributed by atoms with E-state index in [2.05, 4.69) is 0 Å². The van der Waals surface area contributed by atoms with Crippen LogP contribution in [0, 0.1) is 6.92 Å². The van der Waals surface area contributed by atoms with E-state index in [1.807, 2.05) is 6.92 Å². The van der Waals surface area contributed by atoms with Crippen LogP contribution in [0.15, 0.2) is 18.2 Å². The van der Waals surface area contributed by atoms with Crippen LogP contribution in [0.3, 0.4) is 0 Å². The average Bonchev–Trinajstić information content (AvgIpc) is 2.30. The van der Waals surface area contributed by atoms with E-state index in [1.165, 1.54) is 6.07 Å². The van der Waals surface area contributed by atoms with Gasteiger partial charge in [0.15, 0.2) is 9.84 Å². The molecule has 0 unspecified atom stereocenters. The van der Waals surface area contributed by atoms with Crippen molar-refractivity contribution in [3.05, 3.63) is 23.8 Å². The predicted octanol–water partition coefficient (Wildman–Crippen LogP) is -0.122. The van der Waals surface area contributed by atoms with Crippen LogP contribution >= 0.6 is 0 Å². The summed E-state index contributed by atoms with van der Waals surface area (Å²) in [7, 11) is -4.56. The standard InChI is InChI=1S/C12H19BO5S/c1-3-7-19(16,17)8-6-18-12-5-4-11(13(14)15)9-10(12)2/h4-5,9,14-15H,3,6-8H2,1-2H3. The molecule has 1 aromatic carbocycles. The Balaban J connectivity index is 2.59. The first kappa shape index (κ1) is 16.0. The first-order chi connectivity index (χ1) is 8.85. The van der Waals surface area contributed by atoms with Crippen molar-refractivity contribution in [1.82, 2.24) is 0 Å². The van der Waals surface area contributed by atoms with Gasteiger partial charge >= 0.3 is 7.12 Å². The highest BCUT2D eigenvalue weighted by Crippen LogP contribution is 2.15. The van der Waals surface area contributed by atoms with Crippen molar-refractivity contribution in [3.8, 4) is 5.75 Å². The van der Waals surface area contributed by atoms with Gasteiger partial charge in [-0.3, -0.25) is 0 Å². The summed E-state index contributed by atoms with van der Waals surface area (Å²) in [4.78, 5) is 0. The van der Waals surface area contributed by atoms with Crippen LogP contribution in [0.2, 0.25) is 0 Å². The second kappa shape index (κ2) is 6.93. The number of hydrogen-bond donors (Lipinski definition) is 2. The van der Waals surface area contributed by atoms with E-state index < -0.39 is 17.0 Å². The zero-order valence-electron chi connectivity index (χ0n) is 11.2. The minimum absolute atomic E-state index is 0.00927. The lowest BCUT2D eigenvalue weighted by Crippen LogP contribution is -2.29. The maximum absolute atomic E-state index is 11.5. The van der Waals surface area contributed by atoms with E-state index in [-0.39, 0.29) is 18.1 Å². The van der Waals surface area contributed by atoms with Gasteiger partial charge in [0.05, 0.1) is 11.5 Å². The van der Waals surface area contributed by atoms with Gasteiger partial charge in [-0.25, -0.2) is 8.42 Å². The van der Waals surface area contributed by atoms with E-state index in [0.29, 0.717) is 17.6 Å². The van der Waals surface area contributed by atoms with Crippen molar-refractivity contribution in [2.75, 3.05) is 18.1 Å². The number of rotatable bonds is 7. The number of hydrogen-bond acceptors (Lipinski definition) is 5. The third kappa shape index (κ3) is 5.22. The van der Waals surface area contributed by atoms with Gasteiger partial charge < -0.3 is 14.8 Å². The molecule has 0 spiro atoms. The van der Waals surface area contributed by atoms with E-state index in [1.54, 1.807) is 19.1 Å². The van der Waals surface area contributed by atoms with E-state index in [4.69, 9.17) is 14.8 Å². The highest BCUT2D eigenvalue weighted by molar-refractivity contribution is 7.91. The molecule has 0 atom stereocenters. The number of benzene rings is 1. The van der Waals surface area contributed by atoms with Crippen LogP contribution in [0.4, 0.5) is 0 Å². The first-order valence-electron chi connectivity index (χ1n) is 6.15. The van der Waals surface area contributed by atoms with Crippen LogP contribution in [0.1, 0.15) is 18.9 Å². The summed E-state index contributed by atoms with van der Waals surface area (Å²) in [6.45, 7) is 3.69. The minimum Gasteiger partial charge on any atom is -0.492 e. The molecule has 0 saturated carbocycles. The molecule has 5 nitrogen and oxygen atoms in total. The fraction of sp³-hybridized carbons (Fsp3) is 0.500. The summed E-state index contributed by atoms with van der Waals surface area (Å²) in [6.07, 6.45) is 0.602. The third-order valence-corrected chi connectivity index (χ3v) is 4.48. The lowest BCUT2D eigenvalue weighted by atomic mass is 9.79. The quantitative estimate of drug-likeness (QED) is 0.683. The molecular weight excluding hydrogens is 267 g/mol. The molecule has 0 saturated heterocycles. The van der Waals surface area contributed by atoms with Gasteiger partial charge in [0, 0.05) is 0 Å². The molecular formula is C12H19BO5S. The minimum atomic E-state index is -3.04. The summed E-state index contributed by atoms with van der Waals surface area (Å²) >= 11 is 0. The predicted molar refractivity (Wildman–Crippen MR) is 75.4 cm³/mol. The second-order valence-electron chi connectivity index (χ2n) is 4.40. The second-order valence-corrected chi connectivity index (χ2v) is 6.70. The Morgan fingerprint density at radius 3 is 2.47 bits per heavy atom. The average molecular weight is 286 g/mol. The lowest BCUT2D eigenvalue weighted by molar-refractivity contribution is 0.338. The summed E-state index contributed by atoms with van der Waals surface area (Å²) in [5.74, 6) is 0.714. The largest absolute Gasteiger partial charge is 0.492 e. The Hall–Kier alpha value is -1.05. The molecule has 7 heteroatoms. The van der Waals surface area contributed by atoms with Gasteiger partial charge in [-0.05, 0) is 30.4 Å². The summed E-state index contributed by atoms with van der Waals surface area (Å²) in [6, 6.07) is 4.74. The molecule has 0 aromatic heterocycles. The van der Waals surface area contributed by atoms with Crippen molar-refractivity contribution < 1.29 is 23.2 Å². The molecule has 19 heavy (non-hydrogen) atoms. The molecule has 0 aliphatic carbocycles. The Morgan fingerprint density at radius 1 is 1.26 bits per heavy atom. The molecule has 0 heterocycles. The summed E-state index contributed by atoms with van der Waals surface area (Å²) in [5.41, 5.74) is 1.11. The van der Waals surface area contributed by atoms with Crippen LogP contribution in [-0.4, -0.2) is 43.7 Å². The van der Waals surface area contributed by atoms with Crippen molar-refractivity contribution in [2.24, 2.45) is 0 Å². The first-order valence-corrected chi connectivity index (χ1v) is 7.98. The summed E-state index contributed by atoms with van der Waals surface area (Å²) in [5, 5.41) is 18.0. The van der Waals surface area contributed by atoms with E-state index in [0.717, 1.165) is 5.56 Å². The molecule has 0 bridgehead atoms. The van der Waals surface area contributed by atoms with Gasteiger partial charge in [-0.1, -0.05) is 19.1 Å². The number of ether oxygens (including phenoxy) is 1. The van der Waals surface area contributed by atoms with Crippen LogP contribution in [-0.2, 0) is 9.84 Å². The van der Waals surface area contributed by atoms with Crippen LogP contribution < -0.4 is 10.2 Å². The van der Waals surface area contributed by atoms with Gasteiger partial charge in [0.1, 0.15) is 12.4 Å². The topological polar surface area (TPSA) is 83.8 Å². The van der Waals surface area contributed by atoms with Crippen molar-refractivity contribution in [3.63, 3.8) is 0 Å². The Kier molecular flexibility index (Phi) is 5.84. The Morgan fingerprint density at radius 2 is 1.95 bits per heavy atom. The Bertz CT molecular complexity index is 513. The fourth-order valence-corrected chi connectivity index (χ4v) is 2.85. The molecule has 0 amide bonds. The zero-order valence-corrected chi connectivity index (χ0v) is 12.0. The summed E-state index contributed by atoms with van der Waals surface area (Å²) < 4.78 is 28.4. The Labute approximate surface area is 114 Å². The third-order valence-electron chi connectivity index (χ3n) is 2.66. The molecule has 0 aliphatic heterocycles. The van der Waals surface area contributed by atoms with Crippen molar-refractivity contribution >= 4 is 22.4 Å². The molecule has 0 fully saturated rings. The number of sulfone groups is 1. The van der Waals surface area contributed by atoms with Gasteiger partial charge in [0.2, 0.25) is 0 Å². The highest BCUT2D eigenvalue weighted by atomic mass is 32.2. The van der Waals surface area contributed by atoms with Gasteiger partial charge in [-0.2, -0.15) is 0 Å². The SMILES string of the molecule is CCCS(=O)(=O)CCOc1ccc(B(O)O)cc1C. The molecule has 1 aromatic rings. The van der Waals surface area contributed by atoms with E-state index in [9.17, 15) is 8.42 Å². The molecule has 0 radical (unpaired) electrons. The molecule has 1 rings (SSSR count). The highest BCUT2D eigenvalue weighted by Gasteiger charge is 2.13. The molecule has 2 N–H and O–H groups in total. The smallest absolute Gasteiger partial charge is 0.488 e. The van der Waals surface area contributed by atoms with Crippen molar-refractivity contribution in [2.45, 2.75) is 20.3 Å². The monoisotopic (exact) mass is 286 g/mol. The molecule has 0 aliphatic rings. The number of aryl methyl sites for hydroxylation is 1. The zero-order chi connectivity index (χ0) is 14.5. The normalized spacial score (nSPS) is 11.4. The van der Waals surface area contributed by atoms with Gasteiger partial charge in [0.25, 0.3) is 0 Å². The molecule has 106 valence electrons. The van der Waals surface area contributed by atoms with Crippen LogP contribution in [0.5, 0.6) is 5.75 Å². The maximum Gasteiger partial charge on any atom is 0.488 e. The van der Waals surface area contributed by atoms with Gasteiger partial charge in [-0.15, -0.1) is 0 Å². The lowest BCUT2D eigenvalue weighted by Gasteiger charge is -2.10. The fourth-order valence-electron chi connectivity index (χ4n) is 1.69. The van der Waals surface area contributed by atoms with E-state index >= 15 is 0 Å².